The number of aromatic nitrogens is 2. The van der Waals surface area contributed by atoms with E-state index in [0.29, 0.717) is 19.5 Å². The lowest BCUT2D eigenvalue weighted by Crippen LogP contribution is -2.39. The van der Waals surface area contributed by atoms with Crippen molar-refractivity contribution in [2.45, 2.75) is 38.0 Å². The van der Waals surface area contributed by atoms with Gasteiger partial charge < -0.3 is 4.90 Å². The maximum Gasteiger partial charge on any atom is 0.216 e. The Kier molecular flexibility index (Phi) is 5.17. The zero-order valence-corrected chi connectivity index (χ0v) is 15.5. The minimum absolute atomic E-state index is 0.0805. The molecule has 1 fully saturated rings. The molecule has 2 heterocycles. The molecule has 130 valence electrons. The molecule has 0 amide bonds. The van der Waals surface area contributed by atoms with Gasteiger partial charge >= 0.3 is 0 Å². The maximum atomic E-state index is 12.3. The predicted molar refractivity (Wildman–Crippen MR) is 97.0 cm³/mol. The summed E-state index contributed by atoms with van der Waals surface area (Å²) < 4.78 is 27.3. The predicted octanol–water partition coefficient (Wildman–Crippen LogP) is 2.04. The van der Waals surface area contributed by atoms with Crippen LogP contribution in [0.4, 0.5) is 5.13 Å². The lowest BCUT2D eigenvalue weighted by Gasteiger charge is -2.16. The molecule has 1 N–H and O–H groups in total. The summed E-state index contributed by atoms with van der Waals surface area (Å²) in [5, 5.41) is 9.87. The summed E-state index contributed by atoms with van der Waals surface area (Å²) in [6.45, 7) is 4.85. The zero-order chi connectivity index (χ0) is 17.2. The molecule has 0 spiro atoms. The Labute approximate surface area is 147 Å². The second-order valence-electron chi connectivity index (χ2n) is 6.32. The Bertz CT molecular complexity index is 774. The van der Waals surface area contributed by atoms with Gasteiger partial charge in [-0.2, -0.15) is 0 Å². The third-order valence-electron chi connectivity index (χ3n) is 3.91. The molecule has 0 saturated carbocycles. The molecule has 1 aliphatic rings. The van der Waals surface area contributed by atoms with Gasteiger partial charge in [-0.1, -0.05) is 41.7 Å². The average molecular weight is 367 g/mol. The average Bonchev–Trinajstić information content (AvgIpc) is 3.16. The summed E-state index contributed by atoms with van der Waals surface area (Å²) in [7, 11) is -3.28. The minimum Gasteiger partial charge on any atom is -0.345 e. The van der Waals surface area contributed by atoms with Crippen LogP contribution in [0, 0.1) is 0 Å². The number of rotatable bonds is 6. The van der Waals surface area contributed by atoms with Gasteiger partial charge in [0.2, 0.25) is 15.2 Å². The van der Waals surface area contributed by atoms with Crippen LogP contribution in [-0.2, 0) is 16.4 Å². The number of hydrogen-bond acceptors (Lipinski definition) is 6. The molecule has 1 aromatic heterocycles. The van der Waals surface area contributed by atoms with Gasteiger partial charge in [0.25, 0.3) is 0 Å². The Balaban J connectivity index is 1.64. The van der Waals surface area contributed by atoms with E-state index in [2.05, 4.69) is 27.1 Å². The van der Waals surface area contributed by atoms with Crippen molar-refractivity contribution in [3.8, 4) is 0 Å². The quantitative estimate of drug-likeness (QED) is 0.847. The molecular formula is C16H22N4O2S2. The van der Waals surface area contributed by atoms with Crippen molar-refractivity contribution >= 4 is 26.5 Å². The van der Waals surface area contributed by atoms with Crippen LogP contribution in [0.3, 0.4) is 0 Å². The standard InChI is InChI=1S/C16H22N4O2S2/c1-12(2)19-24(21,22)14-8-9-20(11-14)16-18-17-15(23-16)10-13-6-4-3-5-7-13/h3-7,12,14,19H,8-11H2,1-2H3. The Hall–Kier alpha value is -1.51. The molecule has 0 radical (unpaired) electrons. The second kappa shape index (κ2) is 7.16. The maximum absolute atomic E-state index is 12.3. The van der Waals surface area contributed by atoms with E-state index >= 15 is 0 Å². The van der Waals surface area contributed by atoms with E-state index in [4.69, 9.17) is 0 Å². The lowest BCUT2D eigenvalue weighted by atomic mass is 10.2. The van der Waals surface area contributed by atoms with Gasteiger partial charge in [0, 0.05) is 25.6 Å². The number of benzene rings is 1. The molecule has 24 heavy (non-hydrogen) atoms. The van der Waals surface area contributed by atoms with E-state index in [1.165, 1.54) is 5.56 Å². The highest BCUT2D eigenvalue weighted by Crippen LogP contribution is 2.27. The Morgan fingerprint density at radius 1 is 1.29 bits per heavy atom. The molecule has 1 saturated heterocycles. The second-order valence-corrected chi connectivity index (χ2v) is 9.35. The molecule has 2 aromatic rings. The van der Waals surface area contributed by atoms with Crippen molar-refractivity contribution in [1.29, 1.82) is 0 Å². The monoisotopic (exact) mass is 366 g/mol. The van der Waals surface area contributed by atoms with Crippen molar-refractivity contribution in [2.75, 3.05) is 18.0 Å². The fourth-order valence-corrected chi connectivity index (χ4v) is 5.34. The van der Waals surface area contributed by atoms with Gasteiger partial charge in [0.15, 0.2) is 0 Å². The number of nitrogens with zero attached hydrogens (tertiary/aromatic N) is 3. The molecule has 3 rings (SSSR count). The molecule has 1 aliphatic heterocycles. The normalized spacial score (nSPS) is 18.5. The van der Waals surface area contributed by atoms with Crippen LogP contribution in [0.2, 0.25) is 0 Å². The van der Waals surface area contributed by atoms with Crippen molar-refractivity contribution in [3.63, 3.8) is 0 Å². The van der Waals surface area contributed by atoms with E-state index in [1.807, 2.05) is 36.9 Å². The summed E-state index contributed by atoms with van der Waals surface area (Å²) >= 11 is 1.54. The van der Waals surface area contributed by atoms with Crippen molar-refractivity contribution in [1.82, 2.24) is 14.9 Å². The number of sulfonamides is 1. The topological polar surface area (TPSA) is 75.2 Å². The smallest absolute Gasteiger partial charge is 0.216 e. The molecule has 6 nitrogen and oxygen atoms in total. The summed E-state index contributed by atoms with van der Waals surface area (Å²) in [4.78, 5) is 2.02. The fourth-order valence-electron chi connectivity index (χ4n) is 2.79. The van der Waals surface area contributed by atoms with Crippen LogP contribution in [0.1, 0.15) is 30.8 Å². The minimum atomic E-state index is -3.28. The first kappa shape index (κ1) is 17.3. The van der Waals surface area contributed by atoms with Crippen LogP contribution in [0.5, 0.6) is 0 Å². The summed E-state index contributed by atoms with van der Waals surface area (Å²) in [6.07, 6.45) is 1.37. The number of anilines is 1. The Morgan fingerprint density at radius 3 is 2.75 bits per heavy atom. The molecule has 0 bridgehead atoms. The number of hydrogen-bond donors (Lipinski definition) is 1. The zero-order valence-electron chi connectivity index (χ0n) is 13.8. The SMILES string of the molecule is CC(C)NS(=O)(=O)C1CCN(c2nnc(Cc3ccccc3)s2)C1. The summed E-state index contributed by atoms with van der Waals surface area (Å²) in [5.41, 5.74) is 1.20. The van der Waals surface area contributed by atoms with Crippen molar-refractivity contribution < 1.29 is 8.42 Å². The molecule has 1 atom stereocenters. The fraction of sp³-hybridized carbons (Fsp3) is 0.500. The third kappa shape index (κ3) is 4.12. The van der Waals surface area contributed by atoms with Crippen LogP contribution in [0.25, 0.3) is 0 Å². The largest absolute Gasteiger partial charge is 0.345 e. The van der Waals surface area contributed by atoms with Gasteiger partial charge in [0.1, 0.15) is 5.01 Å². The van der Waals surface area contributed by atoms with Crippen LogP contribution < -0.4 is 9.62 Å². The van der Waals surface area contributed by atoms with E-state index in [0.717, 1.165) is 16.6 Å². The highest BCUT2D eigenvalue weighted by Gasteiger charge is 2.34. The lowest BCUT2D eigenvalue weighted by molar-refractivity contribution is 0.557. The highest BCUT2D eigenvalue weighted by molar-refractivity contribution is 7.90. The highest BCUT2D eigenvalue weighted by atomic mass is 32.2. The van der Waals surface area contributed by atoms with Crippen LogP contribution in [0.15, 0.2) is 30.3 Å². The summed E-state index contributed by atoms with van der Waals surface area (Å²) in [5.74, 6) is 0. The molecule has 0 aliphatic carbocycles. The molecule has 1 unspecified atom stereocenters. The van der Waals surface area contributed by atoms with Gasteiger partial charge in [-0.3, -0.25) is 0 Å². The Morgan fingerprint density at radius 2 is 2.04 bits per heavy atom. The first-order valence-electron chi connectivity index (χ1n) is 8.06. The molecular weight excluding hydrogens is 344 g/mol. The third-order valence-corrected chi connectivity index (χ3v) is 6.96. The summed E-state index contributed by atoms with van der Waals surface area (Å²) in [6, 6.07) is 10.1. The van der Waals surface area contributed by atoms with Gasteiger partial charge in [-0.05, 0) is 25.8 Å². The van der Waals surface area contributed by atoms with Crippen molar-refractivity contribution in [3.05, 3.63) is 40.9 Å². The molecule has 8 heteroatoms. The van der Waals surface area contributed by atoms with Crippen molar-refractivity contribution in [2.24, 2.45) is 0 Å². The van der Waals surface area contributed by atoms with E-state index in [9.17, 15) is 8.42 Å². The van der Waals surface area contributed by atoms with E-state index in [1.54, 1.807) is 11.3 Å². The van der Waals surface area contributed by atoms with Crippen LogP contribution >= 0.6 is 11.3 Å². The number of nitrogens with one attached hydrogen (secondary N) is 1. The van der Waals surface area contributed by atoms with Crippen LogP contribution in [-0.4, -0.2) is 43.0 Å². The first-order valence-corrected chi connectivity index (χ1v) is 10.4. The van der Waals surface area contributed by atoms with E-state index in [-0.39, 0.29) is 11.3 Å². The van der Waals surface area contributed by atoms with E-state index < -0.39 is 10.0 Å². The molecule has 1 aromatic carbocycles. The van der Waals surface area contributed by atoms with Gasteiger partial charge in [-0.25, -0.2) is 13.1 Å². The van der Waals surface area contributed by atoms with Gasteiger partial charge in [-0.15, -0.1) is 10.2 Å². The van der Waals surface area contributed by atoms with Gasteiger partial charge in [0.05, 0.1) is 5.25 Å². The first-order chi connectivity index (χ1) is 11.4.